The first-order valence-electron chi connectivity index (χ1n) is 11.0. The first kappa shape index (κ1) is 28.5. The van der Waals surface area contributed by atoms with Crippen LogP contribution in [0.25, 0.3) is 0 Å². The molecule has 0 saturated carbocycles. The van der Waals surface area contributed by atoms with Crippen molar-refractivity contribution in [2.24, 2.45) is 13.5 Å². The fourth-order valence-electron chi connectivity index (χ4n) is 3.40. The van der Waals surface area contributed by atoms with E-state index in [-0.39, 0.29) is 0 Å². The molecule has 0 bridgehead atoms. The van der Waals surface area contributed by atoms with Crippen LogP contribution in [0.4, 0.5) is 0 Å². The number of rotatable bonds is 13. The quantitative estimate of drug-likeness (QED) is 0.272. The Morgan fingerprint density at radius 3 is 1.40 bits per heavy atom. The zero-order chi connectivity index (χ0) is 23.2. The molecule has 1 aliphatic heterocycles. The third kappa shape index (κ3) is 6.27. The molecule has 12 heteroatoms. The highest BCUT2D eigenvalue weighted by Gasteiger charge is 2.43. The van der Waals surface area contributed by atoms with Crippen molar-refractivity contribution >= 4 is 22.5 Å². The van der Waals surface area contributed by atoms with Gasteiger partial charge in [-0.3, -0.25) is 5.09 Å². The van der Waals surface area contributed by atoms with Crippen molar-refractivity contribution in [2.45, 2.75) is 45.4 Å². The van der Waals surface area contributed by atoms with Crippen molar-refractivity contribution in [2.75, 3.05) is 77.0 Å². The molecule has 0 aromatic carbocycles. The SMILES string of the molecule is CCCCCCCCNP1(N(C)C)=NP(N(C)C)(N(C)C)=NP(N(C)C)(N(C)C)=N1. The van der Waals surface area contributed by atoms with Gasteiger partial charge in [0.1, 0.15) is 0 Å². The first-order valence-corrected chi connectivity index (χ1v) is 15.8. The van der Waals surface area contributed by atoms with Crippen LogP contribution < -0.4 is 5.09 Å². The Labute approximate surface area is 187 Å². The monoisotopic (exact) mass is 483 g/mol. The van der Waals surface area contributed by atoms with Crippen molar-refractivity contribution in [3.8, 4) is 0 Å². The maximum Gasteiger partial charge on any atom is 0.220 e. The minimum Gasteiger partial charge on any atom is -0.253 e. The highest BCUT2D eigenvalue weighted by molar-refractivity contribution is 7.83. The average Bonchev–Trinajstić information content (AvgIpc) is 2.66. The Morgan fingerprint density at radius 2 is 0.967 bits per heavy atom. The molecule has 1 N–H and O–H groups in total. The fourth-order valence-corrected chi connectivity index (χ4v) is 17.8. The third-order valence-electron chi connectivity index (χ3n) is 5.29. The van der Waals surface area contributed by atoms with Gasteiger partial charge in [-0.15, -0.1) is 0 Å². The Balaban J connectivity index is 3.49. The molecule has 0 fully saturated rings. The molecular formula is C18H48N9P3. The first-order chi connectivity index (χ1) is 13.9. The van der Waals surface area contributed by atoms with Gasteiger partial charge in [0, 0.05) is 6.54 Å². The van der Waals surface area contributed by atoms with E-state index in [9.17, 15) is 0 Å². The summed E-state index contributed by atoms with van der Waals surface area (Å²) in [4.78, 5) is 0. The molecule has 0 aliphatic carbocycles. The summed E-state index contributed by atoms with van der Waals surface area (Å²) in [6, 6.07) is 0. The molecular weight excluding hydrogens is 435 g/mol. The van der Waals surface area contributed by atoms with Gasteiger partial charge in [-0.2, -0.15) is 13.5 Å². The van der Waals surface area contributed by atoms with E-state index < -0.39 is 22.5 Å². The van der Waals surface area contributed by atoms with Crippen LogP contribution in [0.2, 0.25) is 0 Å². The van der Waals surface area contributed by atoms with Gasteiger partial charge in [0.15, 0.2) is 0 Å². The lowest BCUT2D eigenvalue weighted by atomic mass is 10.1. The number of nitrogens with one attached hydrogen (secondary N) is 1. The summed E-state index contributed by atoms with van der Waals surface area (Å²) >= 11 is 0. The van der Waals surface area contributed by atoms with E-state index in [2.05, 4.69) is 106 Å². The molecule has 0 spiro atoms. The van der Waals surface area contributed by atoms with Crippen molar-refractivity contribution in [1.29, 1.82) is 0 Å². The zero-order valence-corrected chi connectivity index (χ0v) is 24.1. The van der Waals surface area contributed by atoms with Crippen molar-refractivity contribution < 1.29 is 0 Å². The minimum absolute atomic E-state index is 0.937. The topological polar surface area (TPSA) is 65.3 Å². The molecule has 1 aliphatic rings. The molecule has 1 unspecified atom stereocenters. The van der Waals surface area contributed by atoms with Gasteiger partial charge in [-0.25, -0.2) is 23.4 Å². The van der Waals surface area contributed by atoms with Crippen molar-refractivity contribution in [3.05, 3.63) is 0 Å². The average molecular weight is 484 g/mol. The third-order valence-corrected chi connectivity index (χ3v) is 17.2. The Hall–Kier alpha value is 0.450. The lowest BCUT2D eigenvalue weighted by molar-refractivity contribution is 0.541. The van der Waals surface area contributed by atoms with Gasteiger partial charge >= 0.3 is 0 Å². The molecule has 0 aromatic rings. The van der Waals surface area contributed by atoms with Crippen LogP contribution in [0.3, 0.4) is 0 Å². The summed E-state index contributed by atoms with van der Waals surface area (Å²) in [6.07, 6.45) is 7.69. The van der Waals surface area contributed by atoms with Gasteiger partial charge in [0.25, 0.3) is 0 Å². The second-order valence-electron chi connectivity index (χ2n) is 8.82. The van der Waals surface area contributed by atoms with Crippen LogP contribution in [-0.4, -0.2) is 100 Å². The van der Waals surface area contributed by atoms with Gasteiger partial charge in [0.05, 0.1) is 0 Å². The second-order valence-corrected chi connectivity index (χ2v) is 18.6. The maximum absolute atomic E-state index is 5.48. The molecule has 0 radical (unpaired) electrons. The lowest BCUT2D eigenvalue weighted by Crippen LogP contribution is -2.30. The Kier molecular flexibility index (Phi) is 11.5. The maximum atomic E-state index is 5.48. The summed E-state index contributed by atoms with van der Waals surface area (Å²) in [7, 11) is 14.2. The highest BCUT2D eigenvalue weighted by Crippen LogP contribution is 2.79. The van der Waals surface area contributed by atoms with E-state index in [1.54, 1.807) is 0 Å². The summed E-state index contributed by atoms with van der Waals surface area (Å²) in [5.74, 6) is 0. The smallest absolute Gasteiger partial charge is 0.220 e. The normalized spacial score (nSPS) is 23.2. The molecule has 0 amide bonds. The highest BCUT2D eigenvalue weighted by atomic mass is 31.3. The standard InChI is InChI=1S/C18H48N9P3/c1-12-13-14-15-16-17-18-19-28(23(2)3)20-29(24(4)5,25(6)7)22-30(21-28,26(8)9)27(10)11/h19H,12-18H2,1-11H3. The van der Waals surface area contributed by atoms with Crippen molar-refractivity contribution in [1.82, 2.24) is 28.4 Å². The fraction of sp³-hybridized carbons (Fsp3) is 1.00. The van der Waals surface area contributed by atoms with Crippen molar-refractivity contribution in [3.63, 3.8) is 0 Å². The van der Waals surface area contributed by atoms with E-state index in [0.29, 0.717) is 0 Å². The van der Waals surface area contributed by atoms with Gasteiger partial charge in [0.2, 0.25) is 22.5 Å². The molecule has 1 rings (SSSR count). The second kappa shape index (κ2) is 12.1. The Bertz CT molecular complexity index is 656. The number of unbranched alkanes of at least 4 members (excludes halogenated alkanes) is 5. The van der Waals surface area contributed by atoms with E-state index in [1.165, 1.54) is 32.1 Å². The van der Waals surface area contributed by atoms with E-state index in [4.69, 9.17) is 13.5 Å². The summed E-state index contributed by atoms with van der Waals surface area (Å²) in [6.45, 7) is 3.20. The predicted molar refractivity (Wildman–Crippen MR) is 138 cm³/mol. The molecule has 0 aromatic heterocycles. The summed E-state index contributed by atoms with van der Waals surface area (Å²) < 4.78 is 27.5. The lowest BCUT2D eigenvalue weighted by Gasteiger charge is -2.46. The molecule has 0 saturated heterocycles. The van der Waals surface area contributed by atoms with Crippen LogP contribution in [0.1, 0.15) is 45.4 Å². The minimum atomic E-state index is -2.31. The van der Waals surface area contributed by atoms with Crippen LogP contribution in [0.5, 0.6) is 0 Å². The zero-order valence-electron chi connectivity index (χ0n) is 21.4. The van der Waals surface area contributed by atoms with Gasteiger partial charge in [-0.05, 0) is 76.9 Å². The van der Waals surface area contributed by atoms with Crippen LogP contribution in [0, 0.1) is 0 Å². The van der Waals surface area contributed by atoms with Crippen LogP contribution >= 0.6 is 22.5 Å². The molecule has 1 atom stereocenters. The largest absolute Gasteiger partial charge is 0.253 e. The number of hydrogen-bond donors (Lipinski definition) is 1. The van der Waals surface area contributed by atoms with Crippen LogP contribution in [-0.2, 0) is 0 Å². The number of nitrogens with zero attached hydrogens (tertiary/aromatic N) is 8. The van der Waals surface area contributed by atoms with Gasteiger partial charge < -0.3 is 0 Å². The van der Waals surface area contributed by atoms with Crippen LogP contribution in [0.15, 0.2) is 13.5 Å². The summed E-state index contributed by atoms with van der Waals surface area (Å²) in [5, 5.41) is 3.85. The molecule has 1 heterocycles. The number of hydrogen-bond acceptors (Lipinski definition) is 9. The summed E-state index contributed by atoms with van der Waals surface area (Å²) in [5.41, 5.74) is 0. The van der Waals surface area contributed by atoms with E-state index in [1.807, 2.05) is 0 Å². The Morgan fingerprint density at radius 1 is 0.533 bits per heavy atom. The molecule has 9 nitrogen and oxygen atoms in total. The molecule has 30 heavy (non-hydrogen) atoms. The van der Waals surface area contributed by atoms with E-state index >= 15 is 0 Å². The van der Waals surface area contributed by atoms with Gasteiger partial charge in [-0.1, -0.05) is 39.0 Å². The molecule has 180 valence electrons. The predicted octanol–water partition coefficient (Wildman–Crippen LogP) is 5.60. The van der Waals surface area contributed by atoms with E-state index in [0.717, 1.165) is 13.0 Å².